The third-order valence-corrected chi connectivity index (χ3v) is 3.66. The summed E-state index contributed by atoms with van der Waals surface area (Å²) in [7, 11) is 0. The Balaban J connectivity index is 2.27. The topological polar surface area (TPSA) is 42.0 Å². The van der Waals surface area contributed by atoms with Crippen molar-refractivity contribution in [1.29, 1.82) is 0 Å². The van der Waals surface area contributed by atoms with Crippen LogP contribution in [0.4, 0.5) is 5.69 Å². The predicted molar refractivity (Wildman–Crippen MR) is 82.3 cm³/mol. The molecule has 1 atom stereocenters. The summed E-state index contributed by atoms with van der Waals surface area (Å²) in [4.78, 5) is 16.2. The molecule has 0 aliphatic rings. The number of para-hydroxylation sites is 1. The first kappa shape index (κ1) is 14.5. The number of nitrogens with one attached hydrogen (secondary N) is 1. The molecule has 0 bridgehead atoms. The Morgan fingerprint density at radius 1 is 1.30 bits per heavy atom. The average Bonchev–Trinajstić information content (AvgIpc) is 2.47. The zero-order valence-corrected chi connectivity index (χ0v) is 12.3. The van der Waals surface area contributed by atoms with Crippen molar-refractivity contribution in [1.82, 2.24) is 4.98 Å². The second-order valence-corrected chi connectivity index (χ2v) is 5.05. The quantitative estimate of drug-likeness (QED) is 0.842. The highest BCUT2D eigenvalue weighted by Gasteiger charge is 2.14. The van der Waals surface area contributed by atoms with Crippen LogP contribution in [-0.4, -0.2) is 10.9 Å². The number of hydrogen-bond acceptors (Lipinski definition) is 2. The Morgan fingerprint density at radius 3 is 2.75 bits per heavy atom. The molecule has 4 heteroatoms. The fraction of sp³-hybridized carbons (Fsp3) is 0.250. The summed E-state index contributed by atoms with van der Waals surface area (Å²) in [6, 6.07) is 11.2. The number of carbonyl (C=O) groups is 1. The van der Waals surface area contributed by atoms with E-state index >= 15 is 0 Å². The summed E-state index contributed by atoms with van der Waals surface area (Å²) in [5.74, 6) is 0.148. The summed E-state index contributed by atoms with van der Waals surface area (Å²) in [6.07, 6.45) is 2.58. The third kappa shape index (κ3) is 3.17. The lowest BCUT2D eigenvalue weighted by atomic mass is 9.97. The number of amides is 1. The number of nitrogens with zero attached hydrogens (tertiary/aromatic N) is 1. The van der Waals surface area contributed by atoms with E-state index in [1.54, 1.807) is 18.3 Å². The van der Waals surface area contributed by atoms with Gasteiger partial charge in [0.15, 0.2) is 0 Å². The van der Waals surface area contributed by atoms with Gasteiger partial charge >= 0.3 is 0 Å². The molecule has 0 saturated carbocycles. The van der Waals surface area contributed by atoms with Crippen molar-refractivity contribution < 1.29 is 4.79 Å². The van der Waals surface area contributed by atoms with Crippen LogP contribution in [0.5, 0.6) is 0 Å². The van der Waals surface area contributed by atoms with Crippen molar-refractivity contribution >= 4 is 23.2 Å². The molecule has 1 N–H and O–H groups in total. The minimum Gasteiger partial charge on any atom is -0.322 e. The lowest BCUT2D eigenvalue weighted by Gasteiger charge is -2.15. The highest BCUT2D eigenvalue weighted by atomic mass is 35.5. The molecule has 2 rings (SSSR count). The molecular formula is C16H17ClN2O. The molecule has 1 aromatic heterocycles. The zero-order chi connectivity index (χ0) is 14.5. The second-order valence-electron chi connectivity index (χ2n) is 4.69. The minimum absolute atomic E-state index is 0.214. The maximum Gasteiger partial charge on any atom is 0.258 e. The number of aromatic nitrogens is 1. The molecule has 0 saturated heterocycles. The van der Waals surface area contributed by atoms with Crippen molar-refractivity contribution in [2.45, 2.75) is 26.2 Å². The smallest absolute Gasteiger partial charge is 0.258 e. The molecule has 104 valence electrons. The van der Waals surface area contributed by atoms with Crippen LogP contribution in [0.1, 0.15) is 42.1 Å². The predicted octanol–water partition coefficient (Wildman–Crippen LogP) is 4.50. The number of hydrogen-bond donors (Lipinski definition) is 1. The van der Waals surface area contributed by atoms with Gasteiger partial charge in [0.05, 0.1) is 5.56 Å². The Labute approximate surface area is 124 Å². The lowest BCUT2D eigenvalue weighted by Crippen LogP contribution is -2.14. The molecule has 0 radical (unpaired) electrons. The van der Waals surface area contributed by atoms with Gasteiger partial charge in [0.2, 0.25) is 0 Å². The van der Waals surface area contributed by atoms with Crippen molar-refractivity contribution in [2.24, 2.45) is 0 Å². The van der Waals surface area contributed by atoms with E-state index in [1.165, 1.54) is 0 Å². The highest BCUT2D eigenvalue weighted by Crippen LogP contribution is 2.27. The molecule has 2 aromatic rings. The number of pyridine rings is 1. The monoisotopic (exact) mass is 288 g/mol. The third-order valence-electron chi connectivity index (χ3n) is 3.36. The first-order valence-electron chi connectivity index (χ1n) is 6.64. The van der Waals surface area contributed by atoms with Crippen molar-refractivity contribution in [2.75, 3.05) is 5.32 Å². The van der Waals surface area contributed by atoms with Crippen LogP contribution in [0.3, 0.4) is 0 Å². The Morgan fingerprint density at radius 2 is 2.05 bits per heavy atom. The average molecular weight is 289 g/mol. The summed E-state index contributed by atoms with van der Waals surface area (Å²) >= 11 is 5.94. The van der Waals surface area contributed by atoms with Gasteiger partial charge in [-0.1, -0.05) is 43.6 Å². The first-order valence-corrected chi connectivity index (χ1v) is 7.02. The van der Waals surface area contributed by atoms with Crippen LogP contribution in [-0.2, 0) is 0 Å². The Hall–Kier alpha value is -1.87. The fourth-order valence-electron chi connectivity index (χ4n) is 2.01. The number of carbonyl (C=O) groups excluding carboxylic acids is 1. The minimum atomic E-state index is -0.237. The normalized spacial score (nSPS) is 11.9. The molecule has 1 aromatic carbocycles. The molecule has 3 nitrogen and oxygen atoms in total. The van der Waals surface area contributed by atoms with E-state index in [9.17, 15) is 4.79 Å². The van der Waals surface area contributed by atoms with Gasteiger partial charge in [0, 0.05) is 11.9 Å². The van der Waals surface area contributed by atoms with Crippen molar-refractivity contribution in [3.8, 4) is 0 Å². The summed E-state index contributed by atoms with van der Waals surface area (Å²) in [5.41, 5.74) is 2.34. The fourth-order valence-corrected chi connectivity index (χ4v) is 2.21. The van der Waals surface area contributed by atoms with Crippen LogP contribution in [0.25, 0.3) is 0 Å². The Kier molecular flexibility index (Phi) is 4.74. The first-order chi connectivity index (χ1) is 9.63. The van der Waals surface area contributed by atoms with E-state index in [2.05, 4.69) is 24.1 Å². The van der Waals surface area contributed by atoms with E-state index in [4.69, 9.17) is 11.6 Å². The van der Waals surface area contributed by atoms with Gasteiger partial charge in [0.1, 0.15) is 5.15 Å². The SMILES string of the molecule is CC[C@H](C)c1ccccc1NC(=O)c1cccnc1Cl. The van der Waals surface area contributed by atoms with Gasteiger partial charge in [-0.3, -0.25) is 4.79 Å². The van der Waals surface area contributed by atoms with Crippen LogP contribution in [0.2, 0.25) is 5.15 Å². The second kappa shape index (κ2) is 6.53. The molecule has 0 aliphatic carbocycles. The molecule has 0 unspecified atom stereocenters. The molecular weight excluding hydrogens is 272 g/mol. The van der Waals surface area contributed by atoms with Gasteiger partial charge in [0.25, 0.3) is 5.91 Å². The van der Waals surface area contributed by atoms with Gasteiger partial charge in [-0.15, -0.1) is 0 Å². The maximum absolute atomic E-state index is 12.3. The van der Waals surface area contributed by atoms with E-state index in [0.29, 0.717) is 11.5 Å². The summed E-state index contributed by atoms with van der Waals surface area (Å²) in [5, 5.41) is 3.13. The highest BCUT2D eigenvalue weighted by molar-refractivity contribution is 6.33. The molecule has 0 fully saturated rings. The maximum atomic E-state index is 12.3. The number of rotatable bonds is 4. The van der Waals surface area contributed by atoms with Crippen molar-refractivity contribution in [3.63, 3.8) is 0 Å². The van der Waals surface area contributed by atoms with Crippen LogP contribution >= 0.6 is 11.6 Å². The van der Waals surface area contributed by atoms with Gasteiger partial charge < -0.3 is 5.32 Å². The van der Waals surface area contributed by atoms with Gasteiger partial charge in [-0.25, -0.2) is 4.98 Å². The largest absolute Gasteiger partial charge is 0.322 e. The lowest BCUT2D eigenvalue weighted by molar-refractivity contribution is 0.102. The number of benzene rings is 1. The summed E-state index contributed by atoms with van der Waals surface area (Å²) < 4.78 is 0. The van der Waals surface area contributed by atoms with E-state index in [-0.39, 0.29) is 11.1 Å². The summed E-state index contributed by atoms with van der Waals surface area (Å²) in [6.45, 7) is 4.27. The molecule has 0 spiro atoms. The van der Waals surface area contributed by atoms with Gasteiger partial charge in [-0.2, -0.15) is 0 Å². The molecule has 1 heterocycles. The van der Waals surface area contributed by atoms with Crippen LogP contribution < -0.4 is 5.32 Å². The molecule has 0 aliphatic heterocycles. The van der Waals surface area contributed by atoms with Gasteiger partial charge in [-0.05, 0) is 36.1 Å². The molecule has 20 heavy (non-hydrogen) atoms. The van der Waals surface area contributed by atoms with Crippen molar-refractivity contribution in [3.05, 3.63) is 58.9 Å². The zero-order valence-electron chi connectivity index (χ0n) is 11.6. The van der Waals surface area contributed by atoms with E-state index < -0.39 is 0 Å². The number of anilines is 1. The number of halogens is 1. The Bertz CT molecular complexity index is 613. The van der Waals surface area contributed by atoms with Crippen LogP contribution in [0.15, 0.2) is 42.6 Å². The van der Waals surface area contributed by atoms with E-state index in [0.717, 1.165) is 17.7 Å². The van der Waals surface area contributed by atoms with E-state index in [1.807, 2.05) is 24.3 Å². The van der Waals surface area contributed by atoms with Crippen LogP contribution in [0, 0.1) is 0 Å². The molecule has 1 amide bonds. The standard InChI is InChI=1S/C16H17ClN2O/c1-3-11(2)12-7-4-5-9-14(12)19-16(20)13-8-6-10-18-15(13)17/h4-11H,3H2,1-2H3,(H,19,20)/t11-/m0/s1.